The van der Waals surface area contributed by atoms with Crippen molar-refractivity contribution in [3.8, 4) is 0 Å². The molecule has 1 aliphatic rings. The molecular formula is C15H15BrN2OS. The van der Waals surface area contributed by atoms with Crippen molar-refractivity contribution in [2.24, 2.45) is 0 Å². The smallest absolute Gasteiger partial charge is 0.229 e. The van der Waals surface area contributed by atoms with Crippen molar-refractivity contribution in [1.29, 1.82) is 0 Å². The number of fused-ring (bicyclic) bond motifs is 1. The number of nitrogens with one attached hydrogen (secondary N) is 2. The number of hydrogen-bond donors (Lipinski definition) is 2. The summed E-state index contributed by atoms with van der Waals surface area (Å²) in [7, 11) is 0. The molecule has 3 rings (SSSR count). The van der Waals surface area contributed by atoms with Crippen molar-refractivity contribution in [2.45, 2.75) is 19.0 Å². The summed E-state index contributed by atoms with van der Waals surface area (Å²) < 4.78 is 1.09. The molecule has 0 fully saturated rings. The van der Waals surface area contributed by atoms with E-state index in [1.165, 1.54) is 5.56 Å². The standard InChI is InChI=1S/C15H15BrN2OS/c16-14-6-5-11(20-14)8-18-15(19)13-9-17-7-10-3-1-2-4-12(10)13/h1-6,13,17H,7-9H2,(H,18,19). The van der Waals surface area contributed by atoms with Crippen LogP contribution >= 0.6 is 27.3 Å². The second kappa shape index (κ2) is 6.08. The predicted octanol–water partition coefficient (Wildman–Crippen LogP) is 3.01. The first kappa shape index (κ1) is 13.8. The fourth-order valence-corrected chi connectivity index (χ4v) is 3.90. The summed E-state index contributed by atoms with van der Waals surface area (Å²) in [5, 5.41) is 6.34. The van der Waals surface area contributed by atoms with E-state index in [1.807, 2.05) is 24.3 Å². The number of rotatable bonds is 3. The zero-order valence-corrected chi connectivity index (χ0v) is 13.3. The number of halogens is 1. The molecule has 0 bridgehead atoms. The van der Waals surface area contributed by atoms with Crippen LogP contribution in [0.2, 0.25) is 0 Å². The lowest BCUT2D eigenvalue weighted by Crippen LogP contribution is -2.38. The quantitative estimate of drug-likeness (QED) is 0.893. The molecule has 0 spiro atoms. The van der Waals surface area contributed by atoms with Gasteiger partial charge in [0.25, 0.3) is 0 Å². The fourth-order valence-electron chi connectivity index (χ4n) is 2.47. The van der Waals surface area contributed by atoms with Crippen LogP contribution in [0.15, 0.2) is 40.2 Å². The molecule has 0 saturated heterocycles. The molecule has 2 N–H and O–H groups in total. The maximum absolute atomic E-state index is 12.4. The molecule has 1 amide bonds. The van der Waals surface area contributed by atoms with Crippen LogP contribution in [0, 0.1) is 0 Å². The third-order valence-corrected chi connectivity index (χ3v) is 5.10. The van der Waals surface area contributed by atoms with Gasteiger partial charge in [0.2, 0.25) is 5.91 Å². The van der Waals surface area contributed by atoms with Gasteiger partial charge in [-0.3, -0.25) is 4.79 Å². The van der Waals surface area contributed by atoms with Gasteiger partial charge in [0.1, 0.15) is 0 Å². The second-order valence-corrected chi connectivity index (χ2v) is 7.35. The fraction of sp³-hybridized carbons (Fsp3) is 0.267. The number of hydrogen-bond acceptors (Lipinski definition) is 3. The van der Waals surface area contributed by atoms with Gasteiger partial charge in [-0.15, -0.1) is 11.3 Å². The van der Waals surface area contributed by atoms with Gasteiger partial charge in [0.05, 0.1) is 16.2 Å². The Kier molecular flexibility index (Phi) is 4.19. The highest BCUT2D eigenvalue weighted by Crippen LogP contribution is 2.25. The van der Waals surface area contributed by atoms with E-state index >= 15 is 0 Å². The highest BCUT2D eigenvalue weighted by molar-refractivity contribution is 9.11. The molecule has 1 unspecified atom stereocenters. The number of thiophene rings is 1. The Bertz CT molecular complexity index is 626. The first-order valence-electron chi connectivity index (χ1n) is 6.54. The maximum atomic E-state index is 12.4. The Morgan fingerprint density at radius 1 is 1.35 bits per heavy atom. The van der Waals surface area contributed by atoms with Gasteiger partial charge in [-0.1, -0.05) is 24.3 Å². The van der Waals surface area contributed by atoms with E-state index in [4.69, 9.17) is 0 Å². The molecule has 104 valence electrons. The van der Waals surface area contributed by atoms with E-state index in [0.717, 1.165) is 20.8 Å². The summed E-state index contributed by atoms with van der Waals surface area (Å²) in [5.74, 6) is -0.00229. The van der Waals surface area contributed by atoms with Crippen molar-refractivity contribution >= 4 is 33.2 Å². The molecule has 1 aromatic heterocycles. The molecule has 1 atom stereocenters. The van der Waals surface area contributed by atoms with Gasteiger partial charge < -0.3 is 10.6 Å². The molecule has 0 saturated carbocycles. The largest absolute Gasteiger partial charge is 0.351 e. The summed E-state index contributed by atoms with van der Waals surface area (Å²) in [6.45, 7) is 2.14. The number of carbonyl (C=O) groups is 1. The van der Waals surface area contributed by atoms with Crippen molar-refractivity contribution in [1.82, 2.24) is 10.6 Å². The second-order valence-electron chi connectivity index (χ2n) is 4.81. The Hall–Kier alpha value is -1.17. The maximum Gasteiger partial charge on any atom is 0.229 e. The molecule has 1 aromatic carbocycles. The Morgan fingerprint density at radius 3 is 3.00 bits per heavy atom. The molecule has 0 radical (unpaired) electrons. The van der Waals surface area contributed by atoms with E-state index in [1.54, 1.807) is 11.3 Å². The highest BCUT2D eigenvalue weighted by atomic mass is 79.9. The van der Waals surface area contributed by atoms with Crippen LogP contribution in [0.4, 0.5) is 0 Å². The van der Waals surface area contributed by atoms with E-state index in [2.05, 4.69) is 38.7 Å². The number of amides is 1. The summed E-state index contributed by atoms with van der Waals surface area (Å²) in [5.41, 5.74) is 2.37. The van der Waals surface area contributed by atoms with Crippen LogP contribution in [0.3, 0.4) is 0 Å². The summed E-state index contributed by atoms with van der Waals surface area (Å²) >= 11 is 5.08. The van der Waals surface area contributed by atoms with Crippen LogP contribution in [0.5, 0.6) is 0 Å². The van der Waals surface area contributed by atoms with Crippen molar-refractivity contribution in [3.63, 3.8) is 0 Å². The average Bonchev–Trinajstić information content (AvgIpc) is 2.90. The lowest BCUT2D eigenvalue weighted by molar-refractivity contribution is -0.122. The van der Waals surface area contributed by atoms with Crippen LogP contribution in [-0.4, -0.2) is 12.5 Å². The van der Waals surface area contributed by atoms with Crippen molar-refractivity contribution < 1.29 is 4.79 Å². The topological polar surface area (TPSA) is 41.1 Å². The number of carbonyl (C=O) groups excluding carboxylic acids is 1. The molecule has 1 aliphatic heterocycles. The number of benzene rings is 1. The lowest BCUT2D eigenvalue weighted by Gasteiger charge is -2.25. The molecule has 20 heavy (non-hydrogen) atoms. The van der Waals surface area contributed by atoms with Crippen LogP contribution in [-0.2, 0) is 17.9 Å². The van der Waals surface area contributed by atoms with Gasteiger partial charge in [0, 0.05) is 18.0 Å². The molecule has 2 aromatic rings. The Labute approximate surface area is 130 Å². The van der Waals surface area contributed by atoms with E-state index in [0.29, 0.717) is 13.1 Å². The average molecular weight is 351 g/mol. The van der Waals surface area contributed by atoms with Gasteiger partial charge >= 0.3 is 0 Å². The van der Waals surface area contributed by atoms with Gasteiger partial charge in [-0.05, 0) is 39.2 Å². The zero-order chi connectivity index (χ0) is 13.9. The minimum Gasteiger partial charge on any atom is -0.351 e. The van der Waals surface area contributed by atoms with Crippen LogP contribution < -0.4 is 10.6 Å². The minimum absolute atomic E-state index is 0.0918. The third-order valence-electron chi connectivity index (χ3n) is 3.48. The Balaban J connectivity index is 1.69. The molecular weight excluding hydrogens is 336 g/mol. The molecule has 5 heteroatoms. The van der Waals surface area contributed by atoms with E-state index < -0.39 is 0 Å². The van der Waals surface area contributed by atoms with Crippen molar-refractivity contribution in [2.75, 3.05) is 6.54 Å². The van der Waals surface area contributed by atoms with Crippen molar-refractivity contribution in [3.05, 3.63) is 56.2 Å². The Morgan fingerprint density at radius 2 is 2.20 bits per heavy atom. The lowest BCUT2D eigenvalue weighted by atomic mass is 9.90. The highest BCUT2D eigenvalue weighted by Gasteiger charge is 2.25. The summed E-state index contributed by atoms with van der Waals surface area (Å²) in [6, 6.07) is 12.2. The summed E-state index contributed by atoms with van der Waals surface area (Å²) in [4.78, 5) is 13.5. The first-order chi connectivity index (χ1) is 9.74. The first-order valence-corrected chi connectivity index (χ1v) is 8.15. The van der Waals surface area contributed by atoms with Gasteiger partial charge in [-0.25, -0.2) is 0 Å². The molecule has 3 nitrogen and oxygen atoms in total. The normalized spacial score (nSPS) is 17.6. The minimum atomic E-state index is -0.0941. The monoisotopic (exact) mass is 350 g/mol. The zero-order valence-electron chi connectivity index (χ0n) is 10.9. The van der Waals surface area contributed by atoms with Gasteiger partial charge in [0.15, 0.2) is 0 Å². The van der Waals surface area contributed by atoms with Gasteiger partial charge in [-0.2, -0.15) is 0 Å². The predicted molar refractivity (Wildman–Crippen MR) is 84.8 cm³/mol. The van der Waals surface area contributed by atoms with Crippen LogP contribution in [0.25, 0.3) is 0 Å². The SMILES string of the molecule is O=C(NCc1ccc(Br)s1)C1CNCc2ccccc21. The van der Waals surface area contributed by atoms with E-state index in [9.17, 15) is 4.79 Å². The molecule has 2 heterocycles. The van der Waals surface area contributed by atoms with E-state index in [-0.39, 0.29) is 11.8 Å². The van der Waals surface area contributed by atoms with Crippen LogP contribution in [0.1, 0.15) is 21.9 Å². The molecule has 0 aliphatic carbocycles. The summed E-state index contributed by atoms with van der Waals surface area (Å²) in [6.07, 6.45) is 0. The third kappa shape index (κ3) is 2.95.